The largest absolute Gasteiger partial charge is 0.0985 e. The minimum atomic E-state index is 1.17. The predicted molar refractivity (Wildman–Crippen MR) is 113 cm³/mol. The van der Waals surface area contributed by atoms with Gasteiger partial charge in [-0.3, -0.25) is 0 Å². The second kappa shape index (κ2) is 14.0. The number of fused-ring (bicyclic) bond motifs is 1. The van der Waals surface area contributed by atoms with Gasteiger partial charge in [0.25, 0.3) is 0 Å². The van der Waals surface area contributed by atoms with Crippen LogP contribution in [-0.2, 0) is 0 Å². The van der Waals surface area contributed by atoms with Crippen molar-refractivity contribution in [2.45, 2.75) is 27.7 Å². The van der Waals surface area contributed by atoms with E-state index in [0.717, 1.165) is 0 Å². The standard InChI is InChI=1S/C12H10.C8H8.2C2H6/c1-2-10-7-8-11-5-3-4-6-12(11)9-10;1-2-8-6-4-3-5-7-8;2*1-2/h2-9H,1H2;2-7H,1H2;2*1-2H3. The fraction of sp³-hybridized carbons (Fsp3) is 0.167. The van der Waals surface area contributed by atoms with Crippen molar-refractivity contribution in [1.82, 2.24) is 0 Å². The van der Waals surface area contributed by atoms with Crippen LogP contribution in [0.3, 0.4) is 0 Å². The van der Waals surface area contributed by atoms with Gasteiger partial charge in [-0.25, -0.2) is 0 Å². The van der Waals surface area contributed by atoms with E-state index in [2.05, 4.69) is 55.6 Å². The van der Waals surface area contributed by atoms with Gasteiger partial charge in [0.05, 0.1) is 0 Å². The summed E-state index contributed by atoms with van der Waals surface area (Å²) in [6, 6.07) is 24.7. The van der Waals surface area contributed by atoms with Crippen molar-refractivity contribution in [2.75, 3.05) is 0 Å². The van der Waals surface area contributed by atoms with Crippen molar-refractivity contribution in [3.63, 3.8) is 0 Å². The third-order valence-corrected chi connectivity index (χ3v) is 3.04. The third kappa shape index (κ3) is 7.60. The summed E-state index contributed by atoms with van der Waals surface area (Å²) in [4.78, 5) is 0. The van der Waals surface area contributed by atoms with E-state index < -0.39 is 0 Å². The lowest BCUT2D eigenvalue weighted by Crippen LogP contribution is -1.73. The molecule has 3 aromatic carbocycles. The van der Waals surface area contributed by atoms with Crippen LogP contribution in [0, 0.1) is 0 Å². The van der Waals surface area contributed by atoms with E-state index in [1.807, 2.05) is 70.2 Å². The minimum absolute atomic E-state index is 1.17. The third-order valence-electron chi connectivity index (χ3n) is 3.04. The zero-order chi connectivity index (χ0) is 18.2. The smallest absolute Gasteiger partial charge is 0.0178 e. The van der Waals surface area contributed by atoms with Gasteiger partial charge in [0.15, 0.2) is 0 Å². The van der Waals surface area contributed by atoms with Crippen molar-refractivity contribution >= 4 is 22.9 Å². The van der Waals surface area contributed by atoms with Crippen molar-refractivity contribution in [3.05, 3.63) is 97.1 Å². The molecule has 0 amide bonds. The molecule has 0 atom stereocenters. The molecular formula is C24H30. The molecule has 0 aliphatic rings. The maximum absolute atomic E-state index is 3.74. The topological polar surface area (TPSA) is 0 Å². The molecule has 0 nitrogen and oxygen atoms in total. The van der Waals surface area contributed by atoms with Crippen molar-refractivity contribution in [1.29, 1.82) is 0 Å². The highest BCUT2D eigenvalue weighted by molar-refractivity contribution is 5.84. The van der Waals surface area contributed by atoms with Crippen LogP contribution in [0.15, 0.2) is 86.0 Å². The Morgan fingerprint density at radius 1 is 0.542 bits per heavy atom. The van der Waals surface area contributed by atoms with E-state index in [0.29, 0.717) is 0 Å². The number of benzene rings is 3. The molecule has 0 heterocycles. The van der Waals surface area contributed by atoms with Gasteiger partial charge < -0.3 is 0 Å². The summed E-state index contributed by atoms with van der Waals surface area (Å²) >= 11 is 0. The Labute approximate surface area is 148 Å². The van der Waals surface area contributed by atoms with Gasteiger partial charge in [0, 0.05) is 0 Å². The first-order chi connectivity index (χ1) is 11.8. The SMILES string of the molecule is C=Cc1ccc2ccccc2c1.C=Cc1ccccc1.CC.CC. The van der Waals surface area contributed by atoms with E-state index in [4.69, 9.17) is 0 Å². The van der Waals surface area contributed by atoms with E-state index in [1.165, 1.54) is 21.9 Å². The van der Waals surface area contributed by atoms with Crippen LogP contribution in [0.2, 0.25) is 0 Å². The Morgan fingerprint density at radius 3 is 1.54 bits per heavy atom. The molecule has 0 aliphatic carbocycles. The van der Waals surface area contributed by atoms with Crippen LogP contribution in [0.25, 0.3) is 22.9 Å². The fourth-order valence-corrected chi connectivity index (χ4v) is 1.92. The fourth-order valence-electron chi connectivity index (χ4n) is 1.92. The maximum atomic E-state index is 3.74. The lowest BCUT2D eigenvalue weighted by molar-refractivity contribution is 1.50. The first-order valence-corrected chi connectivity index (χ1v) is 8.62. The van der Waals surface area contributed by atoms with E-state index >= 15 is 0 Å². The zero-order valence-electron chi connectivity index (χ0n) is 15.5. The van der Waals surface area contributed by atoms with Gasteiger partial charge in [-0.15, -0.1) is 0 Å². The van der Waals surface area contributed by atoms with Crippen molar-refractivity contribution in [3.8, 4) is 0 Å². The number of hydrogen-bond donors (Lipinski definition) is 0. The van der Waals surface area contributed by atoms with Gasteiger partial charge in [-0.2, -0.15) is 0 Å². The Hall–Kier alpha value is -2.60. The molecule has 126 valence electrons. The van der Waals surface area contributed by atoms with Crippen LogP contribution in [0.4, 0.5) is 0 Å². The molecule has 0 aromatic heterocycles. The number of hydrogen-bond acceptors (Lipinski definition) is 0. The lowest BCUT2D eigenvalue weighted by Gasteiger charge is -1.97. The van der Waals surface area contributed by atoms with Crippen LogP contribution in [-0.4, -0.2) is 0 Å². The molecule has 0 saturated heterocycles. The second-order valence-electron chi connectivity index (χ2n) is 4.43. The molecule has 0 spiro atoms. The van der Waals surface area contributed by atoms with E-state index in [9.17, 15) is 0 Å². The summed E-state index contributed by atoms with van der Waals surface area (Å²) in [5, 5.41) is 2.55. The van der Waals surface area contributed by atoms with Crippen molar-refractivity contribution in [2.24, 2.45) is 0 Å². The highest BCUT2D eigenvalue weighted by atomic mass is 14.0. The average Bonchev–Trinajstić information content (AvgIpc) is 2.71. The van der Waals surface area contributed by atoms with Crippen LogP contribution >= 0.6 is 0 Å². The van der Waals surface area contributed by atoms with Gasteiger partial charge in [-0.05, 0) is 28.0 Å². The predicted octanol–water partition coefficient (Wildman–Crippen LogP) is 7.86. The zero-order valence-corrected chi connectivity index (χ0v) is 15.5. The van der Waals surface area contributed by atoms with E-state index in [1.54, 1.807) is 0 Å². The molecule has 3 aromatic rings. The van der Waals surface area contributed by atoms with Crippen LogP contribution in [0.1, 0.15) is 38.8 Å². The van der Waals surface area contributed by atoms with E-state index in [-0.39, 0.29) is 0 Å². The molecule has 0 N–H and O–H groups in total. The highest BCUT2D eigenvalue weighted by Gasteiger charge is 1.90. The Morgan fingerprint density at radius 2 is 1.04 bits per heavy atom. The van der Waals surface area contributed by atoms with Gasteiger partial charge in [0.1, 0.15) is 0 Å². The summed E-state index contributed by atoms with van der Waals surface area (Å²) in [6.45, 7) is 15.4. The van der Waals surface area contributed by atoms with Gasteiger partial charge in [0.2, 0.25) is 0 Å². The molecule has 0 unspecified atom stereocenters. The maximum Gasteiger partial charge on any atom is -0.0178 e. The lowest BCUT2D eigenvalue weighted by atomic mass is 10.1. The van der Waals surface area contributed by atoms with Crippen molar-refractivity contribution < 1.29 is 0 Å². The monoisotopic (exact) mass is 318 g/mol. The Bertz CT molecular complexity index is 693. The molecule has 0 bridgehead atoms. The normalized spacial score (nSPS) is 8.33. The molecule has 24 heavy (non-hydrogen) atoms. The Kier molecular flexibility index (Phi) is 12.5. The minimum Gasteiger partial charge on any atom is -0.0985 e. The summed E-state index contributed by atoms with van der Waals surface area (Å²) in [5.74, 6) is 0. The first kappa shape index (κ1) is 21.4. The summed E-state index contributed by atoms with van der Waals surface area (Å²) in [6.07, 6.45) is 3.70. The molecule has 0 fully saturated rings. The molecular weight excluding hydrogens is 288 g/mol. The van der Waals surface area contributed by atoms with Gasteiger partial charge in [-0.1, -0.05) is 120 Å². The first-order valence-electron chi connectivity index (χ1n) is 8.62. The Balaban J connectivity index is 0.000000385. The summed E-state index contributed by atoms with van der Waals surface area (Å²) in [5.41, 5.74) is 2.35. The average molecular weight is 319 g/mol. The summed E-state index contributed by atoms with van der Waals surface area (Å²) in [7, 11) is 0. The van der Waals surface area contributed by atoms with Crippen LogP contribution < -0.4 is 0 Å². The van der Waals surface area contributed by atoms with Gasteiger partial charge >= 0.3 is 0 Å². The van der Waals surface area contributed by atoms with Crippen LogP contribution in [0.5, 0.6) is 0 Å². The highest BCUT2D eigenvalue weighted by Crippen LogP contribution is 2.15. The molecule has 3 rings (SSSR count). The number of rotatable bonds is 2. The second-order valence-corrected chi connectivity index (χ2v) is 4.43. The summed E-state index contributed by atoms with van der Waals surface area (Å²) < 4.78 is 0. The quantitative estimate of drug-likeness (QED) is 0.451. The molecule has 0 aliphatic heterocycles. The molecule has 0 heteroatoms. The molecule has 0 saturated carbocycles. The molecule has 0 radical (unpaired) electrons.